The van der Waals surface area contributed by atoms with E-state index in [9.17, 15) is 19.4 Å². The van der Waals surface area contributed by atoms with Gasteiger partial charge in [-0.05, 0) is 114 Å². The highest BCUT2D eigenvalue weighted by molar-refractivity contribution is 5.91. The molecule has 5 aliphatic rings. The second kappa shape index (κ2) is 10.6. The first kappa shape index (κ1) is 30.2. The van der Waals surface area contributed by atoms with E-state index in [-0.39, 0.29) is 47.6 Å². The van der Waals surface area contributed by atoms with Gasteiger partial charge in [-0.3, -0.25) is 4.79 Å². The fourth-order valence-corrected chi connectivity index (χ4v) is 10.9. The SMILES string of the molecule is CC12Cc3cnn(-c4ccc(F)cc4)c3C=C1CCC1C2[C@@H](O)CC2(C)C1CC1O[C@]12C(=O)N[C@@H](CO)Cc1ccc2ccccc2c1. The van der Waals surface area contributed by atoms with E-state index >= 15 is 0 Å². The summed E-state index contributed by atoms with van der Waals surface area (Å²) in [5.41, 5.74) is 3.70. The predicted octanol–water partition coefficient (Wildman–Crippen LogP) is 5.78. The molecule has 0 radical (unpaired) electrons. The summed E-state index contributed by atoms with van der Waals surface area (Å²) in [4.78, 5) is 14.2. The van der Waals surface area contributed by atoms with Crippen molar-refractivity contribution in [1.29, 1.82) is 0 Å². The summed E-state index contributed by atoms with van der Waals surface area (Å²) in [6.45, 7) is 4.31. The van der Waals surface area contributed by atoms with Gasteiger partial charge in [0.2, 0.25) is 0 Å². The number of fused-ring (bicyclic) bond motifs is 9. The fraction of sp³-hybridized carbons (Fsp3) is 0.450. The van der Waals surface area contributed by atoms with Crippen LogP contribution in [0.2, 0.25) is 0 Å². The Morgan fingerprint density at radius 2 is 1.92 bits per heavy atom. The van der Waals surface area contributed by atoms with E-state index in [1.807, 2.05) is 23.0 Å². The molecule has 7 nitrogen and oxygen atoms in total. The number of hydrogen-bond donors (Lipinski definition) is 3. The maximum atomic E-state index is 14.2. The second-order valence-electron chi connectivity index (χ2n) is 15.5. The molecule has 0 bridgehead atoms. The quantitative estimate of drug-likeness (QED) is 0.231. The van der Waals surface area contributed by atoms with E-state index in [1.54, 1.807) is 12.1 Å². The molecule has 3 N–H and O–H groups in total. The van der Waals surface area contributed by atoms with Gasteiger partial charge in [-0.25, -0.2) is 9.07 Å². The van der Waals surface area contributed by atoms with Crippen LogP contribution in [0, 0.1) is 34.4 Å². The predicted molar refractivity (Wildman–Crippen MR) is 181 cm³/mol. The number of amides is 1. The number of ether oxygens (including phenoxy) is 1. The molecule has 248 valence electrons. The molecule has 1 aliphatic heterocycles. The minimum absolute atomic E-state index is 0.0635. The monoisotopic (exact) mass is 647 g/mol. The zero-order valence-electron chi connectivity index (χ0n) is 27.4. The van der Waals surface area contributed by atoms with Crippen LogP contribution in [0.1, 0.15) is 56.4 Å². The first-order valence-electron chi connectivity index (χ1n) is 17.4. The third-order valence-electron chi connectivity index (χ3n) is 13.1. The Hall–Kier alpha value is -3.85. The summed E-state index contributed by atoms with van der Waals surface area (Å²) in [5.74, 6) is 0.160. The third-order valence-corrected chi connectivity index (χ3v) is 13.1. The number of aliphatic hydroxyl groups is 2. The van der Waals surface area contributed by atoms with Crippen LogP contribution in [-0.2, 0) is 22.4 Å². The van der Waals surface area contributed by atoms with Crippen molar-refractivity contribution in [1.82, 2.24) is 15.1 Å². The number of benzene rings is 3. The average Bonchev–Trinajstić information content (AvgIpc) is 3.60. The Bertz CT molecular complexity index is 1970. The van der Waals surface area contributed by atoms with Gasteiger partial charge in [0.1, 0.15) is 5.82 Å². The van der Waals surface area contributed by atoms with E-state index < -0.39 is 23.2 Å². The number of carbonyl (C=O) groups is 1. The van der Waals surface area contributed by atoms with Crippen LogP contribution in [0.5, 0.6) is 0 Å². The summed E-state index contributed by atoms with van der Waals surface area (Å²) in [6, 6.07) is 20.4. The number of nitrogens with zero attached hydrogens (tertiary/aromatic N) is 2. The van der Waals surface area contributed by atoms with Gasteiger partial charge in [-0.1, -0.05) is 61.9 Å². The number of allylic oxidation sites excluding steroid dienone is 1. The molecular weight excluding hydrogens is 605 g/mol. The molecule has 8 heteroatoms. The zero-order chi connectivity index (χ0) is 33.0. The number of carbonyl (C=O) groups excluding carboxylic acids is 1. The van der Waals surface area contributed by atoms with Gasteiger partial charge < -0.3 is 20.3 Å². The highest BCUT2D eigenvalue weighted by atomic mass is 19.1. The van der Waals surface area contributed by atoms with E-state index in [0.29, 0.717) is 12.8 Å². The van der Waals surface area contributed by atoms with Crippen LogP contribution in [-0.4, -0.2) is 56.4 Å². The smallest absolute Gasteiger partial charge is 0.255 e. The van der Waals surface area contributed by atoms with Crippen molar-refractivity contribution in [2.75, 3.05) is 6.61 Å². The van der Waals surface area contributed by atoms with Crippen molar-refractivity contribution < 1.29 is 24.1 Å². The fourth-order valence-electron chi connectivity index (χ4n) is 10.9. The van der Waals surface area contributed by atoms with Crippen molar-refractivity contribution in [3.8, 4) is 5.69 Å². The molecule has 6 unspecified atom stereocenters. The lowest BCUT2D eigenvalue weighted by atomic mass is 9.45. The van der Waals surface area contributed by atoms with Gasteiger partial charge >= 0.3 is 0 Å². The van der Waals surface area contributed by atoms with Crippen molar-refractivity contribution in [3.05, 3.63) is 101 Å². The molecule has 4 aromatic rings. The first-order valence-corrected chi connectivity index (χ1v) is 17.4. The first-order chi connectivity index (χ1) is 23.1. The molecule has 1 saturated heterocycles. The van der Waals surface area contributed by atoms with Crippen LogP contribution < -0.4 is 5.32 Å². The molecule has 1 aromatic heterocycles. The van der Waals surface area contributed by atoms with Crippen LogP contribution >= 0.6 is 0 Å². The highest BCUT2D eigenvalue weighted by Gasteiger charge is 2.81. The van der Waals surface area contributed by atoms with E-state index in [1.165, 1.54) is 17.7 Å². The summed E-state index contributed by atoms with van der Waals surface area (Å²) < 4.78 is 21.9. The van der Waals surface area contributed by atoms with Gasteiger partial charge in [-0.15, -0.1) is 0 Å². The highest BCUT2D eigenvalue weighted by Crippen LogP contribution is 2.73. The maximum absolute atomic E-state index is 14.2. The molecule has 1 amide bonds. The average molecular weight is 648 g/mol. The maximum Gasteiger partial charge on any atom is 0.255 e. The lowest BCUT2D eigenvalue weighted by molar-refractivity contribution is -0.159. The minimum Gasteiger partial charge on any atom is -0.394 e. The third kappa shape index (κ3) is 4.21. The van der Waals surface area contributed by atoms with Crippen molar-refractivity contribution in [3.63, 3.8) is 0 Å². The van der Waals surface area contributed by atoms with Crippen LogP contribution in [0.4, 0.5) is 4.39 Å². The van der Waals surface area contributed by atoms with Gasteiger partial charge in [0.15, 0.2) is 5.60 Å². The summed E-state index contributed by atoms with van der Waals surface area (Å²) in [7, 11) is 0. The largest absolute Gasteiger partial charge is 0.394 e. The van der Waals surface area contributed by atoms with Crippen molar-refractivity contribution in [2.45, 2.75) is 76.2 Å². The number of nitrogens with one attached hydrogen (secondary N) is 1. The van der Waals surface area contributed by atoms with Crippen molar-refractivity contribution in [2.24, 2.45) is 28.6 Å². The summed E-state index contributed by atoms with van der Waals surface area (Å²) in [5, 5.41) is 32.6. The lowest BCUT2D eigenvalue weighted by Gasteiger charge is -2.60. The second-order valence-corrected chi connectivity index (χ2v) is 15.5. The molecule has 4 aliphatic carbocycles. The van der Waals surface area contributed by atoms with E-state index in [2.05, 4.69) is 55.6 Å². The molecule has 3 saturated carbocycles. The Morgan fingerprint density at radius 3 is 2.71 bits per heavy atom. The molecule has 3 aromatic carbocycles. The Labute approximate surface area is 279 Å². The number of hydrogen-bond acceptors (Lipinski definition) is 5. The molecule has 4 fully saturated rings. The molecule has 0 spiro atoms. The van der Waals surface area contributed by atoms with Crippen molar-refractivity contribution >= 4 is 22.8 Å². The Kier molecular flexibility index (Phi) is 6.66. The summed E-state index contributed by atoms with van der Waals surface area (Å²) >= 11 is 0. The summed E-state index contributed by atoms with van der Waals surface area (Å²) in [6.07, 6.45) is 7.94. The van der Waals surface area contributed by atoms with Crippen LogP contribution in [0.25, 0.3) is 22.5 Å². The Morgan fingerprint density at radius 1 is 1.12 bits per heavy atom. The van der Waals surface area contributed by atoms with Crippen LogP contribution in [0.3, 0.4) is 0 Å². The molecule has 9 rings (SSSR count). The topological polar surface area (TPSA) is 99.9 Å². The van der Waals surface area contributed by atoms with Gasteiger partial charge in [0, 0.05) is 5.41 Å². The standard InChI is InChI=1S/C40H42FN3O4/c1-38-19-26-21-42-44(30-12-10-28(41)11-13-30)33(26)17-27(38)9-14-31-32-18-35-40(48-35,39(32,2)20-34(46)36(31)38)37(47)43-29(22-45)16-23-7-8-24-5-3-4-6-25(24)15-23/h3-8,10-13,15,17,21,29,31-32,34-36,45-46H,9,14,16,18-20,22H2,1-2H3,(H,43,47)/t29-,31?,32?,34+,35?,36?,38?,39?,40+/m1/s1. The van der Waals surface area contributed by atoms with Gasteiger partial charge in [0.25, 0.3) is 5.91 Å². The minimum atomic E-state index is -0.979. The lowest BCUT2D eigenvalue weighted by Crippen LogP contribution is -2.61. The number of epoxide rings is 1. The Balaban J connectivity index is 0.960. The number of rotatable bonds is 6. The molecular formula is C40H42FN3O4. The normalized spacial score (nSPS) is 35.0. The number of halogens is 1. The molecule has 2 heterocycles. The number of aliphatic hydroxyl groups excluding tert-OH is 2. The van der Waals surface area contributed by atoms with Gasteiger partial charge in [0.05, 0.1) is 42.4 Å². The molecule has 9 atom stereocenters. The van der Waals surface area contributed by atoms with E-state index in [4.69, 9.17) is 9.84 Å². The van der Waals surface area contributed by atoms with E-state index in [0.717, 1.165) is 59.0 Å². The van der Waals surface area contributed by atoms with Gasteiger partial charge in [-0.2, -0.15) is 5.10 Å². The number of aromatic nitrogens is 2. The van der Waals surface area contributed by atoms with Crippen LogP contribution in [0.15, 0.2) is 78.5 Å². The molecule has 48 heavy (non-hydrogen) atoms. The zero-order valence-corrected chi connectivity index (χ0v) is 27.4.